The average molecular weight is 267 g/mol. The number of likely N-dealkylation sites (tertiary alicyclic amines) is 1. The summed E-state index contributed by atoms with van der Waals surface area (Å²) < 4.78 is 4.77. The molecule has 1 amide bonds. The summed E-state index contributed by atoms with van der Waals surface area (Å²) in [5.74, 6) is -0.245. The minimum Gasteiger partial charge on any atom is -0.469 e. The van der Waals surface area contributed by atoms with Gasteiger partial charge in [0.25, 0.3) is 5.91 Å². The minimum atomic E-state index is -0.222. The van der Waals surface area contributed by atoms with E-state index in [-0.39, 0.29) is 23.7 Å². The molecule has 18 heavy (non-hydrogen) atoms. The molecule has 2 unspecified atom stereocenters. The first-order valence-electron chi connectivity index (χ1n) is 5.94. The highest BCUT2D eigenvalue weighted by molar-refractivity contribution is 7.08. The average Bonchev–Trinajstić information content (AvgIpc) is 2.93. The number of methoxy groups -OCH3 is 1. The summed E-state index contributed by atoms with van der Waals surface area (Å²) in [6, 6.07) is 0. The number of rotatable bonds is 2. The van der Waals surface area contributed by atoms with E-state index in [0.29, 0.717) is 13.1 Å². The lowest BCUT2D eigenvalue weighted by molar-refractivity contribution is -0.146. The first-order chi connectivity index (χ1) is 8.54. The van der Waals surface area contributed by atoms with Gasteiger partial charge in [0.05, 0.1) is 18.6 Å². The number of amides is 1. The molecular weight excluding hydrogens is 250 g/mol. The van der Waals surface area contributed by atoms with Gasteiger partial charge >= 0.3 is 5.97 Å². The molecule has 1 aliphatic rings. The van der Waals surface area contributed by atoms with Gasteiger partial charge in [-0.05, 0) is 23.8 Å². The maximum atomic E-state index is 12.3. The van der Waals surface area contributed by atoms with Crippen LogP contribution in [0.3, 0.4) is 0 Å². The van der Waals surface area contributed by atoms with Gasteiger partial charge < -0.3 is 9.64 Å². The molecule has 98 valence electrons. The number of hydrogen-bond donors (Lipinski definition) is 0. The highest BCUT2D eigenvalue weighted by Gasteiger charge is 2.38. The van der Waals surface area contributed by atoms with Crippen molar-refractivity contribution in [3.63, 3.8) is 0 Å². The number of carbonyl (C=O) groups is 2. The smallest absolute Gasteiger partial charge is 0.310 e. The van der Waals surface area contributed by atoms with Crippen LogP contribution in [0.4, 0.5) is 0 Å². The predicted octanol–water partition coefficient (Wildman–Crippen LogP) is 1.94. The van der Waals surface area contributed by atoms with Crippen molar-refractivity contribution in [2.45, 2.75) is 13.8 Å². The van der Waals surface area contributed by atoms with Crippen molar-refractivity contribution in [1.82, 2.24) is 4.90 Å². The summed E-state index contributed by atoms with van der Waals surface area (Å²) in [5.41, 5.74) is 1.75. The van der Waals surface area contributed by atoms with Crippen LogP contribution in [-0.4, -0.2) is 37.0 Å². The second kappa shape index (κ2) is 5.10. The summed E-state index contributed by atoms with van der Waals surface area (Å²) in [5, 5.41) is 3.83. The second-order valence-electron chi connectivity index (χ2n) is 4.79. The maximum Gasteiger partial charge on any atom is 0.310 e. The molecule has 1 saturated heterocycles. The van der Waals surface area contributed by atoms with Gasteiger partial charge in [-0.15, -0.1) is 0 Å². The number of esters is 1. The van der Waals surface area contributed by atoms with Crippen molar-refractivity contribution >= 4 is 23.2 Å². The van der Waals surface area contributed by atoms with Crippen molar-refractivity contribution in [3.8, 4) is 0 Å². The van der Waals surface area contributed by atoms with Crippen LogP contribution < -0.4 is 0 Å². The first kappa shape index (κ1) is 13.1. The number of ether oxygens (including phenoxy) is 1. The van der Waals surface area contributed by atoms with Crippen LogP contribution in [0, 0.1) is 18.8 Å². The van der Waals surface area contributed by atoms with Crippen molar-refractivity contribution in [2.75, 3.05) is 20.2 Å². The highest BCUT2D eigenvalue weighted by atomic mass is 32.1. The van der Waals surface area contributed by atoms with E-state index >= 15 is 0 Å². The molecule has 2 atom stereocenters. The lowest BCUT2D eigenvalue weighted by Gasteiger charge is -2.15. The van der Waals surface area contributed by atoms with Gasteiger partial charge in [0, 0.05) is 18.5 Å². The fraction of sp³-hybridized carbons (Fsp3) is 0.538. The van der Waals surface area contributed by atoms with Gasteiger partial charge in [-0.3, -0.25) is 9.59 Å². The summed E-state index contributed by atoms with van der Waals surface area (Å²) in [7, 11) is 1.39. The van der Waals surface area contributed by atoms with Crippen LogP contribution in [0.5, 0.6) is 0 Å². The van der Waals surface area contributed by atoms with E-state index in [1.807, 2.05) is 24.6 Å². The normalized spacial score (nSPS) is 23.2. The molecule has 2 rings (SSSR count). The van der Waals surface area contributed by atoms with Crippen LogP contribution >= 0.6 is 11.3 Å². The highest BCUT2D eigenvalue weighted by Crippen LogP contribution is 2.26. The zero-order chi connectivity index (χ0) is 13.3. The van der Waals surface area contributed by atoms with E-state index < -0.39 is 0 Å². The van der Waals surface area contributed by atoms with Gasteiger partial charge in [0.15, 0.2) is 0 Å². The summed E-state index contributed by atoms with van der Waals surface area (Å²) >= 11 is 1.53. The molecule has 4 nitrogen and oxygen atoms in total. The molecule has 0 radical (unpaired) electrons. The fourth-order valence-electron chi connectivity index (χ4n) is 2.34. The van der Waals surface area contributed by atoms with E-state index in [1.54, 1.807) is 4.90 Å². The molecule has 1 aromatic rings. The Morgan fingerprint density at radius 1 is 1.39 bits per heavy atom. The number of aryl methyl sites for hydroxylation is 1. The van der Waals surface area contributed by atoms with Gasteiger partial charge in [0.2, 0.25) is 0 Å². The number of thiophene rings is 1. The lowest BCUT2D eigenvalue weighted by atomic mass is 9.99. The van der Waals surface area contributed by atoms with Gasteiger partial charge in [-0.1, -0.05) is 6.92 Å². The lowest BCUT2D eigenvalue weighted by Crippen LogP contribution is -2.30. The molecule has 5 heteroatoms. The van der Waals surface area contributed by atoms with E-state index in [9.17, 15) is 9.59 Å². The molecule has 0 spiro atoms. The van der Waals surface area contributed by atoms with Crippen LogP contribution in [0.25, 0.3) is 0 Å². The summed E-state index contributed by atoms with van der Waals surface area (Å²) in [6.07, 6.45) is 0. The van der Waals surface area contributed by atoms with Gasteiger partial charge in [-0.25, -0.2) is 0 Å². The third-order valence-electron chi connectivity index (χ3n) is 3.49. The summed E-state index contributed by atoms with van der Waals surface area (Å²) in [6.45, 7) is 4.99. The van der Waals surface area contributed by atoms with Gasteiger partial charge in [-0.2, -0.15) is 11.3 Å². The topological polar surface area (TPSA) is 46.6 Å². The molecule has 1 fully saturated rings. The Bertz CT molecular complexity index is 469. The number of nitrogens with zero attached hydrogens (tertiary/aromatic N) is 1. The molecule has 0 saturated carbocycles. The molecular formula is C13H17NO3S. The van der Waals surface area contributed by atoms with Crippen LogP contribution in [0.1, 0.15) is 22.8 Å². The third-order valence-corrected chi connectivity index (χ3v) is 4.35. The number of hydrogen-bond acceptors (Lipinski definition) is 4. The van der Waals surface area contributed by atoms with Crippen LogP contribution in [-0.2, 0) is 9.53 Å². The van der Waals surface area contributed by atoms with Crippen LogP contribution in [0.15, 0.2) is 10.8 Å². The Morgan fingerprint density at radius 3 is 2.67 bits per heavy atom. The Morgan fingerprint density at radius 2 is 2.11 bits per heavy atom. The van der Waals surface area contributed by atoms with Gasteiger partial charge in [0.1, 0.15) is 0 Å². The first-order valence-corrected chi connectivity index (χ1v) is 6.88. The van der Waals surface area contributed by atoms with Crippen molar-refractivity contribution in [1.29, 1.82) is 0 Å². The zero-order valence-corrected chi connectivity index (χ0v) is 11.6. The fourth-order valence-corrected chi connectivity index (χ4v) is 3.16. The number of carbonyl (C=O) groups excluding carboxylic acids is 2. The van der Waals surface area contributed by atoms with Crippen molar-refractivity contribution in [3.05, 3.63) is 21.9 Å². The quantitative estimate of drug-likeness (QED) is 0.769. The Hall–Kier alpha value is -1.36. The van der Waals surface area contributed by atoms with Crippen LogP contribution in [0.2, 0.25) is 0 Å². The predicted molar refractivity (Wildman–Crippen MR) is 69.6 cm³/mol. The summed E-state index contributed by atoms with van der Waals surface area (Å²) in [4.78, 5) is 25.7. The van der Waals surface area contributed by atoms with E-state index in [2.05, 4.69) is 0 Å². The van der Waals surface area contributed by atoms with E-state index in [1.165, 1.54) is 18.4 Å². The molecule has 0 N–H and O–H groups in total. The molecule has 0 aromatic carbocycles. The van der Waals surface area contributed by atoms with E-state index in [4.69, 9.17) is 4.74 Å². The monoisotopic (exact) mass is 267 g/mol. The molecule has 0 bridgehead atoms. The Kier molecular flexibility index (Phi) is 3.71. The largest absolute Gasteiger partial charge is 0.469 e. The maximum absolute atomic E-state index is 12.3. The van der Waals surface area contributed by atoms with Crippen molar-refractivity contribution < 1.29 is 14.3 Å². The molecule has 1 aliphatic heterocycles. The molecule has 0 aliphatic carbocycles. The Labute approximate surface area is 111 Å². The third kappa shape index (κ3) is 2.27. The SMILES string of the molecule is COC(=O)C1CN(C(=O)c2cscc2C)CC1C. The standard InChI is InChI=1S/C13H17NO3S/c1-8-4-14(5-10(8)13(16)17-3)12(15)11-7-18-6-9(11)2/h6-8,10H,4-5H2,1-3H3. The van der Waals surface area contributed by atoms with E-state index in [0.717, 1.165) is 11.1 Å². The molecule has 1 aromatic heterocycles. The zero-order valence-electron chi connectivity index (χ0n) is 10.8. The Balaban J connectivity index is 2.11. The molecule has 2 heterocycles. The second-order valence-corrected chi connectivity index (χ2v) is 5.53. The minimum absolute atomic E-state index is 0.0204. The van der Waals surface area contributed by atoms with Crippen molar-refractivity contribution in [2.24, 2.45) is 11.8 Å².